The summed E-state index contributed by atoms with van der Waals surface area (Å²) in [7, 11) is 0. The Balaban J connectivity index is 1.57. The Hall–Kier alpha value is -3.19. The minimum absolute atomic E-state index is 0.112. The predicted molar refractivity (Wildman–Crippen MR) is 118 cm³/mol. The van der Waals surface area contributed by atoms with Crippen molar-refractivity contribution in [3.05, 3.63) is 83.4 Å². The molecule has 1 amide bonds. The molecule has 0 spiro atoms. The molecule has 0 saturated heterocycles. The Bertz CT molecular complexity index is 1200. The normalized spacial score (nSPS) is 11.0. The number of thioether (sulfide) groups is 1. The Morgan fingerprint density at radius 2 is 1.93 bits per heavy atom. The molecule has 0 aliphatic heterocycles. The summed E-state index contributed by atoms with van der Waals surface area (Å²) in [6.45, 7) is 4.11. The predicted octanol–water partition coefficient (Wildman–Crippen LogP) is 5.12. The summed E-state index contributed by atoms with van der Waals surface area (Å²) in [5.41, 5.74) is 5.37. The molecule has 4 aromatic rings. The van der Waals surface area contributed by atoms with Gasteiger partial charge in [-0.3, -0.25) is 9.78 Å². The number of nitrogens with one attached hydrogen (secondary N) is 1. The van der Waals surface area contributed by atoms with E-state index >= 15 is 0 Å². The summed E-state index contributed by atoms with van der Waals surface area (Å²) in [4.78, 5) is 21.6. The SMILES string of the molecule is Cc1cc(C)cc(NC(=O)Cn2c(SCc3cccc(F)c3)nc3ccncc32)c1. The third kappa shape index (κ3) is 4.68. The van der Waals surface area contributed by atoms with E-state index in [0.29, 0.717) is 10.9 Å². The zero-order valence-corrected chi connectivity index (χ0v) is 17.5. The number of carbonyl (C=O) groups excluding carboxylic acids is 1. The van der Waals surface area contributed by atoms with E-state index in [1.165, 1.54) is 23.9 Å². The van der Waals surface area contributed by atoms with Crippen molar-refractivity contribution < 1.29 is 9.18 Å². The Morgan fingerprint density at radius 3 is 2.70 bits per heavy atom. The van der Waals surface area contributed by atoms with Gasteiger partial charge in [0.05, 0.1) is 17.2 Å². The molecule has 2 aromatic heterocycles. The third-order valence-electron chi connectivity index (χ3n) is 4.58. The first-order valence-corrected chi connectivity index (χ1v) is 10.5. The van der Waals surface area contributed by atoms with Gasteiger partial charge in [0.25, 0.3) is 0 Å². The van der Waals surface area contributed by atoms with Gasteiger partial charge in [0, 0.05) is 17.6 Å². The van der Waals surface area contributed by atoms with Gasteiger partial charge >= 0.3 is 0 Å². The number of carbonyl (C=O) groups is 1. The molecular formula is C23H21FN4OS. The minimum Gasteiger partial charge on any atom is -0.325 e. The molecule has 0 aliphatic carbocycles. The van der Waals surface area contributed by atoms with Crippen molar-refractivity contribution in [3.8, 4) is 0 Å². The van der Waals surface area contributed by atoms with Crippen LogP contribution in [0.3, 0.4) is 0 Å². The van der Waals surface area contributed by atoms with Gasteiger partial charge in [0.15, 0.2) is 5.16 Å². The third-order valence-corrected chi connectivity index (χ3v) is 5.63. The molecule has 2 heterocycles. The zero-order valence-electron chi connectivity index (χ0n) is 16.7. The van der Waals surface area contributed by atoms with Crippen molar-refractivity contribution >= 4 is 34.4 Å². The van der Waals surface area contributed by atoms with E-state index in [-0.39, 0.29) is 18.3 Å². The molecule has 5 nitrogen and oxygen atoms in total. The highest BCUT2D eigenvalue weighted by Gasteiger charge is 2.15. The van der Waals surface area contributed by atoms with Crippen LogP contribution in [0.15, 0.2) is 66.1 Å². The highest BCUT2D eigenvalue weighted by atomic mass is 32.2. The van der Waals surface area contributed by atoms with E-state index in [9.17, 15) is 9.18 Å². The van der Waals surface area contributed by atoms with Crippen LogP contribution in [0.5, 0.6) is 0 Å². The highest BCUT2D eigenvalue weighted by Crippen LogP contribution is 2.27. The molecule has 152 valence electrons. The van der Waals surface area contributed by atoms with Gasteiger partial charge in [-0.15, -0.1) is 0 Å². The molecule has 30 heavy (non-hydrogen) atoms. The van der Waals surface area contributed by atoms with Gasteiger partial charge in [0.1, 0.15) is 12.4 Å². The van der Waals surface area contributed by atoms with Crippen molar-refractivity contribution in [2.75, 3.05) is 5.32 Å². The van der Waals surface area contributed by atoms with Gasteiger partial charge in [-0.05, 0) is 60.9 Å². The quantitative estimate of drug-likeness (QED) is 0.440. The van der Waals surface area contributed by atoms with Crippen LogP contribution in [-0.2, 0) is 17.1 Å². The van der Waals surface area contributed by atoms with Crippen molar-refractivity contribution in [2.24, 2.45) is 0 Å². The second-order valence-electron chi connectivity index (χ2n) is 7.19. The molecule has 1 N–H and O–H groups in total. The monoisotopic (exact) mass is 420 g/mol. The molecule has 0 saturated carbocycles. The topological polar surface area (TPSA) is 59.8 Å². The average molecular weight is 421 g/mol. The van der Waals surface area contributed by atoms with Crippen LogP contribution in [-0.4, -0.2) is 20.4 Å². The molecule has 2 aromatic carbocycles. The van der Waals surface area contributed by atoms with E-state index in [2.05, 4.69) is 21.4 Å². The van der Waals surface area contributed by atoms with Crippen LogP contribution >= 0.6 is 11.8 Å². The maximum atomic E-state index is 13.5. The molecule has 4 rings (SSSR count). The number of rotatable bonds is 6. The van der Waals surface area contributed by atoms with Gasteiger partial charge in [-0.2, -0.15) is 0 Å². The second kappa shape index (κ2) is 8.67. The summed E-state index contributed by atoms with van der Waals surface area (Å²) in [6, 6.07) is 14.3. The molecule has 0 bridgehead atoms. The molecule has 0 aliphatic rings. The van der Waals surface area contributed by atoms with Crippen molar-refractivity contribution in [1.29, 1.82) is 0 Å². The fourth-order valence-electron chi connectivity index (χ4n) is 3.38. The van der Waals surface area contributed by atoms with Gasteiger partial charge in [0.2, 0.25) is 5.91 Å². The standard InChI is InChI=1S/C23H21FN4OS/c1-15-8-16(2)10-19(9-15)26-22(29)13-28-21-12-25-7-6-20(21)27-23(28)30-14-17-4-3-5-18(24)11-17/h3-12H,13-14H2,1-2H3,(H,26,29). The number of anilines is 1. The van der Waals surface area contributed by atoms with Gasteiger partial charge < -0.3 is 9.88 Å². The summed E-state index contributed by atoms with van der Waals surface area (Å²) in [5, 5.41) is 3.66. The van der Waals surface area contributed by atoms with Crippen LogP contribution in [0, 0.1) is 19.7 Å². The lowest BCUT2D eigenvalue weighted by Gasteiger charge is -2.11. The maximum Gasteiger partial charge on any atom is 0.244 e. The Morgan fingerprint density at radius 1 is 1.13 bits per heavy atom. The highest BCUT2D eigenvalue weighted by molar-refractivity contribution is 7.98. The molecule has 7 heteroatoms. The Kier molecular flexibility index (Phi) is 5.81. The molecular weight excluding hydrogens is 399 g/mol. The summed E-state index contributed by atoms with van der Waals surface area (Å²) in [5.74, 6) is 0.141. The molecule has 0 radical (unpaired) electrons. The summed E-state index contributed by atoms with van der Waals surface area (Å²) >= 11 is 1.47. The summed E-state index contributed by atoms with van der Waals surface area (Å²) < 4.78 is 15.3. The first kappa shape index (κ1) is 20.1. The first-order valence-electron chi connectivity index (χ1n) is 9.53. The number of amides is 1. The van der Waals surface area contributed by atoms with E-state index in [4.69, 9.17) is 0 Å². The average Bonchev–Trinajstić information content (AvgIpc) is 3.03. The van der Waals surface area contributed by atoms with E-state index in [1.807, 2.05) is 42.7 Å². The number of nitrogens with zero attached hydrogens (tertiary/aromatic N) is 3. The number of hydrogen-bond acceptors (Lipinski definition) is 4. The minimum atomic E-state index is -0.265. The maximum absolute atomic E-state index is 13.5. The zero-order chi connectivity index (χ0) is 21.1. The summed E-state index contributed by atoms with van der Waals surface area (Å²) in [6.07, 6.45) is 3.38. The largest absolute Gasteiger partial charge is 0.325 e. The van der Waals surface area contributed by atoms with Crippen LogP contribution in [0.4, 0.5) is 10.1 Å². The smallest absolute Gasteiger partial charge is 0.244 e. The number of pyridine rings is 1. The number of aryl methyl sites for hydroxylation is 2. The van der Waals surface area contributed by atoms with E-state index in [1.54, 1.807) is 18.5 Å². The van der Waals surface area contributed by atoms with Gasteiger partial charge in [-0.25, -0.2) is 9.37 Å². The van der Waals surface area contributed by atoms with Crippen molar-refractivity contribution in [3.63, 3.8) is 0 Å². The Labute approximate surface area is 178 Å². The van der Waals surface area contributed by atoms with Crippen molar-refractivity contribution in [2.45, 2.75) is 31.3 Å². The van der Waals surface area contributed by atoms with Crippen molar-refractivity contribution in [1.82, 2.24) is 14.5 Å². The lowest BCUT2D eigenvalue weighted by molar-refractivity contribution is -0.116. The number of imidazole rings is 1. The first-order chi connectivity index (χ1) is 14.5. The number of benzene rings is 2. The lowest BCUT2D eigenvalue weighted by Crippen LogP contribution is -2.19. The van der Waals surface area contributed by atoms with Crippen LogP contribution in [0.25, 0.3) is 11.0 Å². The van der Waals surface area contributed by atoms with Crippen LogP contribution < -0.4 is 5.32 Å². The van der Waals surface area contributed by atoms with Crippen LogP contribution in [0.2, 0.25) is 0 Å². The number of halogens is 1. The van der Waals surface area contributed by atoms with Gasteiger partial charge in [-0.1, -0.05) is 30.0 Å². The fourth-order valence-corrected chi connectivity index (χ4v) is 4.33. The number of aromatic nitrogens is 3. The lowest BCUT2D eigenvalue weighted by atomic mass is 10.1. The number of fused-ring (bicyclic) bond motifs is 1. The van der Waals surface area contributed by atoms with Crippen LogP contribution in [0.1, 0.15) is 16.7 Å². The molecule has 0 unspecified atom stereocenters. The molecule has 0 atom stereocenters. The fraction of sp³-hybridized carbons (Fsp3) is 0.174. The van der Waals surface area contributed by atoms with E-state index < -0.39 is 0 Å². The molecule has 0 fully saturated rings. The second-order valence-corrected chi connectivity index (χ2v) is 8.13. The number of hydrogen-bond donors (Lipinski definition) is 1. The van der Waals surface area contributed by atoms with E-state index in [0.717, 1.165) is 33.4 Å².